The number of pyridine rings is 1. The fourth-order valence-corrected chi connectivity index (χ4v) is 9.92. The summed E-state index contributed by atoms with van der Waals surface area (Å²) in [5, 5.41) is 25.3. The van der Waals surface area contributed by atoms with Crippen molar-refractivity contribution in [3.05, 3.63) is 77.9 Å². The maximum Gasteiger partial charge on any atom is 0.319 e. The van der Waals surface area contributed by atoms with E-state index < -0.39 is 11.9 Å². The van der Waals surface area contributed by atoms with Gasteiger partial charge in [-0.05, 0) is 67.7 Å². The van der Waals surface area contributed by atoms with Gasteiger partial charge in [0.2, 0.25) is 5.91 Å². The average Bonchev–Trinajstić information content (AvgIpc) is 4.05. The van der Waals surface area contributed by atoms with Gasteiger partial charge >= 0.3 is 6.01 Å². The topological polar surface area (TPSA) is 153 Å². The molecular formula is C49H52FN9O5. The molecule has 3 aromatic carbocycles. The number of amides is 1. The number of hydrogen-bond donors (Lipinski definition) is 2. The molecule has 1 amide bonds. The lowest BCUT2D eigenvalue weighted by Crippen LogP contribution is -2.51. The monoisotopic (exact) mass is 865 g/mol. The van der Waals surface area contributed by atoms with E-state index in [1.54, 1.807) is 23.0 Å². The van der Waals surface area contributed by atoms with Crippen LogP contribution in [0.5, 0.6) is 17.5 Å². The van der Waals surface area contributed by atoms with Crippen LogP contribution in [0.25, 0.3) is 44.2 Å². The summed E-state index contributed by atoms with van der Waals surface area (Å²) in [5.41, 5.74) is 3.54. The number of halogens is 1. The number of nitrogens with zero attached hydrogens (tertiary/aromatic N) is 8. The Labute approximate surface area is 371 Å². The number of aromatic nitrogens is 6. The highest BCUT2D eigenvalue weighted by Crippen LogP contribution is 2.44. The normalized spacial score (nSPS) is 20.6. The number of likely N-dealkylation sites (tertiary alicyclic amines) is 1. The maximum atomic E-state index is 15.4. The number of anilines is 1. The van der Waals surface area contributed by atoms with Crippen molar-refractivity contribution in [2.24, 2.45) is 5.92 Å². The Kier molecular flexibility index (Phi) is 11.3. The number of terminal acetylenes is 1. The van der Waals surface area contributed by atoms with Crippen molar-refractivity contribution in [1.82, 2.24) is 40.2 Å². The van der Waals surface area contributed by atoms with Crippen molar-refractivity contribution in [3.63, 3.8) is 0 Å². The number of carbonyl (C=O) groups is 1. The molecule has 0 radical (unpaired) electrons. The van der Waals surface area contributed by atoms with Gasteiger partial charge in [0.15, 0.2) is 5.75 Å². The standard InChI is InChI=1S/C49H52FN9O5/c1-5-37-40(50)15-12-32-21-35(60)22-38(42(32)37)43-46(44-39(23-51-43)47(57-24-33-13-14-34(25-57)52-33)54-49(53-44)64-36-16-19-62-20-17-36)63-27-30-8-10-31(11-9-30)41-26-59(56-55-41)45(28(2)3)48(61)58-18-6-7-29(58)4/h1,8-12,15,21-23,26,28-29,33-34,36,45,52,60H,6-7,13-14,16-20,24-25,27H2,2-4H3. The Bertz CT molecular complexity index is 2750. The Hall–Kier alpha value is -6.37. The molecule has 14 nitrogen and oxygen atoms in total. The van der Waals surface area contributed by atoms with Crippen LogP contribution in [0.3, 0.4) is 0 Å². The lowest BCUT2D eigenvalue weighted by atomic mass is 9.95. The number of piperazine rings is 1. The fourth-order valence-electron chi connectivity index (χ4n) is 9.92. The SMILES string of the molecule is C#Cc1c(F)ccc2cc(O)cc(-c3ncc4c(N5CC6CCC(C5)N6)nc(OC5CCOCC5)nc4c3OCc3ccc(-c4cn(C(C(=O)N5CCCC5C)C(C)C)nn4)cc3)c12. The van der Waals surface area contributed by atoms with Crippen molar-refractivity contribution in [2.45, 2.75) is 96.2 Å². The minimum absolute atomic E-state index is 0.0238. The Morgan fingerprint density at radius 3 is 2.55 bits per heavy atom. The lowest BCUT2D eigenvalue weighted by Gasteiger charge is -2.34. The van der Waals surface area contributed by atoms with Gasteiger partial charge in [-0.2, -0.15) is 9.97 Å². The molecule has 4 unspecified atom stereocenters. The van der Waals surface area contributed by atoms with Gasteiger partial charge in [-0.25, -0.2) is 9.07 Å². The molecule has 330 valence electrons. The van der Waals surface area contributed by atoms with Crippen molar-refractivity contribution in [3.8, 4) is 52.4 Å². The Morgan fingerprint density at radius 2 is 1.83 bits per heavy atom. The first-order valence-corrected chi connectivity index (χ1v) is 22.4. The fraction of sp³-hybridized carbons (Fsp3) is 0.429. The van der Waals surface area contributed by atoms with E-state index in [1.807, 2.05) is 49.2 Å². The molecule has 6 aromatic rings. The molecule has 4 aliphatic rings. The zero-order valence-electron chi connectivity index (χ0n) is 36.3. The molecule has 0 aliphatic carbocycles. The third-order valence-corrected chi connectivity index (χ3v) is 13.2. The molecule has 15 heteroatoms. The van der Waals surface area contributed by atoms with Crippen LogP contribution >= 0.6 is 0 Å². The van der Waals surface area contributed by atoms with Crippen LogP contribution in [0.15, 0.2) is 60.9 Å². The molecule has 2 N–H and O–H groups in total. The second-order valence-electron chi connectivity index (χ2n) is 17.9. The van der Waals surface area contributed by atoms with Crippen LogP contribution in [-0.4, -0.2) is 103 Å². The first kappa shape index (κ1) is 41.6. The van der Waals surface area contributed by atoms with Gasteiger partial charge in [-0.3, -0.25) is 9.78 Å². The summed E-state index contributed by atoms with van der Waals surface area (Å²) in [4.78, 5) is 33.1. The molecule has 4 aliphatic heterocycles. The highest BCUT2D eigenvalue weighted by atomic mass is 19.1. The van der Waals surface area contributed by atoms with Gasteiger partial charge in [0.05, 0.1) is 30.4 Å². The predicted octanol–water partition coefficient (Wildman–Crippen LogP) is 7.21. The van der Waals surface area contributed by atoms with E-state index in [2.05, 4.69) is 33.4 Å². The van der Waals surface area contributed by atoms with Crippen LogP contribution in [0.4, 0.5) is 10.2 Å². The molecule has 4 saturated heterocycles. The minimum Gasteiger partial charge on any atom is -0.508 e. The molecule has 4 fully saturated rings. The van der Waals surface area contributed by atoms with Gasteiger partial charge in [0, 0.05) is 73.3 Å². The largest absolute Gasteiger partial charge is 0.508 e. The molecule has 10 rings (SSSR count). The summed E-state index contributed by atoms with van der Waals surface area (Å²) in [5.74, 6) is 3.02. The molecule has 0 saturated carbocycles. The van der Waals surface area contributed by atoms with Gasteiger partial charge in [-0.15, -0.1) is 11.5 Å². The quantitative estimate of drug-likeness (QED) is 0.127. The lowest BCUT2D eigenvalue weighted by molar-refractivity contribution is -0.137. The molecular weight excluding hydrogens is 814 g/mol. The molecule has 64 heavy (non-hydrogen) atoms. The third-order valence-electron chi connectivity index (χ3n) is 13.2. The van der Waals surface area contributed by atoms with Crippen LogP contribution < -0.4 is 19.7 Å². The van der Waals surface area contributed by atoms with Gasteiger partial charge in [0.1, 0.15) is 53.0 Å². The molecule has 3 aromatic heterocycles. The first-order valence-electron chi connectivity index (χ1n) is 22.4. The number of benzene rings is 3. The molecule has 7 heterocycles. The molecule has 2 bridgehead atoms. The number of phenols is 1. The minimum atomic E-state index is -0.567. The number of rotatable bonds is 11. The first-order chi connectivity index (χ1) is 31.1. The summed E-state index contributed by atoms with van der Waals surface area (Å²) < 4.78 is 36.1. The van der Waals surface area contributed by atoms with E-state index in [0.29, 0.717) is 88.3 Å². The number of hydrogen-bond acceptors (Lipinski definition) is 12. The van der Waals surface area contributed by atoms with Crippen LogP contribution in [0.2, 0.25) is 0 Å². The van der Waals surface area contributed by atoms with E-state index >= 15 is 4.39 Å². The smallest absolute Gasteiger partial charge is 0.319 e. The summed E-state index contributed by atoms with van der Waals surface area (Å²) in [6.45, 7) is 9.71. The van der Waals surface area contributed by atoms with Gasteiger partial charge in [0.25, 0.3) is 0 Å². The maximum absolute atomic E-state index is 15.4. The van der Waals surface area contributed by atoms with Crippen molar-refractivity contribution < 1.29 is 28.5 Å². The number of carbonyl (C=O) groups excluding carboxylic acids is 1. The van der Waals surface area contributed by atoms with Crippen molar-refractivity contribution >= 4 is 33.4 Å². The second-order valence-corrected chi connectivity index (χ2v) is 17.9. The summed E-state index contributed by atoms with van der Waals surface area (Å²) >= 11 is 0. The number of ether oxygens (including phenoxy) is 3. The highest BCUT2D eigenvalue weighted by molar-refractivity contribution is 6.05. The number of aromatic hydroxyl groups is 1. The number of nitrogens with one attached hydrogen (secondary N) is 1. The van der Waals surface area contributed by atoms with Gasteiger partial charge in [-0.1, -0.05) is 55.3 Å². The number of fused-ring (bicyclic) bond motifs is 4. The zero-order valence-corrected chi connectivity index (χ0v) is 36.3. The summed E-state index contributed by atoms with van der Waals surface area (Å²) in [6.07, 6.45) is 15.0. The second kappa shape index (κ2) is 17.3. The van der Waals surface area contributed by atoms with E-state index in [9.17, 15) is 9.90 Å². The van der Waals surface area contributed by atoms with Crippen molar-refractivity contribution in [2.75, 3.05) is 37.7 Å². The predicted molar refractivity (Wildman–Crippen MR) is 241 cm³/mol. The zero-order chi connectivity index (χ0) is 44.1. The van der Waals surface area contributed by atoms with E-state index in [0.717, 1.165) is 56.4 Å². The number of phenolic OH excluding ortho intramolecular Hbond substituents is 1. The highest BCUT2D eigenvalue weighted by Gasteiger charge is 2.36. The van der Waals surface area contributed by atoms with Crippen LogP contribution in [0, 0.1) is 24.1 Å². The van der Waals surface area contributed by atoms with E-state index in [-0.39, 0.29) is 47.9 Å². The van der Waals surface area contributed by atoms with Crippen LogP contribution in [0.1, 0.15) is 76.5 Å². The third kappa shape index (κ3) is 7.94. The van der Waals surface area contributed by atoms with Crippen LogP contribution in [-0.2, 0) is 16.1 Å². The molecule has 0 spiro atoms. The summed E-state index contributed by atoms with van der Waals surface area (Å²) in [6, 6.07) is 14.4. The average molecular weight is 866 g/mol. The van der Waals surface area contributed by atoms with E-state index in [1.165, 1.54) is 12.1 Å². The molecule has 4 atom stereocenters. The summed E-state index contributed by atoms with van der Waals surface area (Å²) in [7, 11) is 0. The van der Waals surface area contributed by atoms with Crippen molar-refractivity contribution in [1.29, 1.82) is 0 Å². The van der Waals surface area contributed by atoms with E-state index in [4.69, 9.17) is 35.6 Å². The Balaban J connectivity index is 1.04. The van der Waals surface area contributed by atoms with Gasteiger partial charge < -0.3 is 34.4 Å². The Morgan fingerprint density at radius 1 is 1.05 bits per heavy atom.